The summed E-state index contributed by atoms with van der Waals surface area (Å²) in [5.74, 6) is 0.595. The molecule has 0 bridgehead atoms. The smallest absolute Gasteiger partial charge is 0.251 e. The predicted octanol–water partition coefficient (Wildman–Crippen LogP) is 3.13. The molecule has 4 heteroatoms. The maximum Gasteiger partial charge on any atom is 0.251 e. The normalized spacial score (nSPS) is 15.1. The standard InChI is InChI=1S/C11H11Cl2NO/c12-9-4-3-8(5-10(9)13)11(15)14-6-7-1-2-7/h3-5,7H,1-2,6H2,(H,14,15). The maximum absolute atomic E-state index is 11.6. The van der Waals surface area contributed by atoms with Crippen molar-refractivity contribution in [3.8, 4) is 0 Å². The predicted molar refractivity (Wildman–Crippen MR) is 61.5 cm³/mol. The van der Waals surface area contributed by atoms with Gasteiger partial charge in [-0.25, -0.2) is 0 Å². The molecule has 1 fully saturated rings. The fourth-order valence-electron chi connectivity index (χ4n) is 1.30. The van der Waals surface area contributed by atoms with Crippen LogP contribution in [-0.4, -0.2) is 12.5 Å². The Balaban J connectivity index is 2.00. The molecular formula is C11H11Cl2NO. The van der Waals surface area contributed by atoms with Crippen LogP contribution in [0.5, 0.6) is 0 Å². The monoisotopic (exact) mass is 243 g/mol. The van der Waals surface area contributed by atoms with Crippen LogP contribution in [0.2, 0.25) is 10.0 Å². The van der Waals surface area contributed by atoms with E-state index in [0.29, 0.717) is 21.5 Å². The first-order valence-corrected chi connectivity index (χ1v) is 5.65. The van der Waals surface area contributed by atoms with Gasteiger partial charge in [0.2, 0.25) is 0 Å². The fraction of sp³-hybridized carbons (Fsp3) is 0.364. The first-order valence-electron chi connectivity index (χ1n) is 4.90. The van der Waals surface area contributed by atoms with E-state index in [2.05, 4.69) is 5.32 Å². The van der Waals surface area contributed by atoms with Crippen molar-refractivity contribution < 1.29 is 4.79 Å². The topological polar surface area (TPSA) is 29.1 Å². The molecule has 0 aromatic heterocycles. The van der Waals surface area contributed by atoms with Crippen LogP contribution in [0.25, 0.3) is 0 Å². The van der Waals surface area contributed by atoms with Crippen LogP contribution in [0.15, 0.2) is 18.2 Å². The molecule has 1 N–H and O–H groups in total. The van der Waals surface area contributed by atoms with Crippen molar-refractivity contribution in [1.29, 1.82) is 0 Å². The van der Waals surface area contributed by atoms with Crippen LogP contribution in [0.3, 0.4) is 0 Å². The van der Waals surface area contributed by atoms with Gasteiger partial charge in [0.15, 0.2) is 0 Å². The lowest BCUT2D eigenvalue weighted by molar-refractivity contribution is 0.0952. The zero-order chi connectivity index (χ0) is 10.8. The first-order chi connectivity index (χ1) is 7.16. The minimum Gasteiger partial charge on any atom is -0.352 e. The van der Waals surface area contributed by atoms with Gasteiger partial charge in [-0.15, -0.1) is 0 Å². The van der Waals surface area contributed by atoms with Crippen LogP contribution in [0, 0.1) is 5.92 Å². The third-order valence-electron chi connectivity index (χ3n) is 2.43. The SMILES string of the molecule is O=C(NCC1CC1)c1ccc(Cl)c(Cl)c1. The second-order valence-electron chi connectivity index (χ2n) is 3.78. The van der Waals surface area contributed by atoms with Gasteiger partial charge in [-0.3, -0.25) is 4.79 Å². The molecule has 0 atom stereocenters. The number of halogens is 2. The minimum absolute atomic E-state index is 0.0829. The van der Waals surface area contributed by atoms with Gasteiger partial charge in [-0.2, -0.15) is 0 Å². The van der Waals surface area contributed by atoms with Gasteiger partial charge in [-0.1, -0.05) is 23.2 Å². The van der Waals surface area contributed by atoms with Crippen molar-refractivity contribution in [2.24, 2.45) is 5.92 Å². The molecule has 1 aromatic rings. The van der Waals surface area contributed by atoms with Gasteiger partial charge < -0.3 is 5.32 Å². The maximum atomic E-state index is 11.6. The lowest BCUT2D eigenvalue weighted by atomic mass is 10.2. The number of carbonyl (C=O) groups is 1. The average molecular weight is 244 g/mol. The van der Waals surface area contributed by atoms with Gasteiger partial charge in [0, 0.05) is 12.1 Å². The Bertz CT molecular complexity index is 388. The van der Waals surface area contributed by atoms with E-state index in [1.807, 2.05) is 0 Å². The average Bonchev–Trinajstić information content (AvgIpc) is 3.02. The second-order valence-corrected chi connectivity index (χ2v) is 4.60. The number of carbonyl (C=O) groups excluding carboxylic acids is 1. The molecule has 0 spiro atoms. The Morgan fingerprint density at radius 2 is 2.07 bits per heavy atom. The third-order valence-corrected chi connectivity index (χ3v) is 3.17. The molecule has 80 valence electrons. The third kappa shape index (κ3) is 2.86. The van der Waals surface area contributed by atoms with Crippen molar-refractivity contribution in [3.63, 3.8) is 0 Å². The zero-order valence-corrected chi connectivity index (χ0v) is 9.61. The van der Waals surface area contributed by atoms with E-state index in [-0.39, 0.29) is 5.91 Å². The van der Waals surface area contributed by atoms with Crippen LogP contribution in [0.1, 0.15) is 23.2 Å². The molecule has 1 aromatic carbocycles. The Kier molecular flexibility index (Phi) is 3.17. The van der Waals surface area contributed by atoms with Crippen molar-refractivity contribution >= 4 is 29.1 Å². The van der Waals surface area contributed by atoms with Crippen molar-refractivity contribution in [2.75, 3.05) is 6.54 Å². The molecule has 2 nitrogen and oxygen atoms in total. The van der Waals surface area contributed by atoms with Crippen LogP contribution in [-0.2, 0) is 0 Å². The van der Waals surface area contributed by atoms with E-state index >= 15 is 0 Å². The summed E-state index contributed by atoms with van der Waals surface area (Å²) in [6, 6.07) is 4.90. The van der Waals surface area contributed by atoms with Crippen LogP contribution < -0.4 is 5.32 Å². The van der Waals surface area contributed by atoms with Gasteiger partial charge in [0.05, 0.1) is 10.0 Å². The highest BCUT2D eigenvalue weighted by atomic mass is 35.5. The van der Waals surface area contributed by atoms with E-state index in [0.717, 1.165) is 6.54 Å². The quantitative estimate of drug-likeness (QED) is 0.869. The van der Waals surface area contributed by atoms with Crippen LogP contribution >= 0.6 is 23.2 Å². The number of nitrogens with one attached hydrogen (secondary N) is 1. The summed E-state index contributed by atoms with van der Waals surface area (Å²) >= 11 is 11.6. The minimum atomic E-state index is -0.0829. The molecule has 0 unspecified atom stereocenters. The van der Waals surface area contributed by atoms with E-state index in [1.54, 1.807) is 18.2 Å². The summed E-state index contributed by atoms with van der Waals surface area (Å²) < 4.78 is 0. The molecule has 1 saturated carbocycles. The first kappa shape index (κ1) is 10.8. The molecule has 1 aliphatic rings. The molecule has 15 heavy (non-hydrogen) atoms. The van der Waals surface area contributed by atoms with Gasteiger partial charge in [-0.05, 0) is 37.0 Å². The number of hydrogen-bond donors (Lipinski definition) is 1. The lowest BCUT2D eigenvalue weighted by Gasteiger charge is -2.04. The lowest BCUT2D eigenvalue weighted by Crippen LogP contribution is -2.25. The Morgan fingerprint density at radius 3 is 2.67 bits per heavy atom. The number of hydrogen-bond acceptors (Lipinski definition) is 1. The molecular weight excluding hydrogens is 233 g/mol. The van der Waals surface area contributed by atoms with Gasteiger partial charge in [0.1, 0.15) is 0 Å². The van der Waals surface area contributed by atoms with Crippen LogP contribution in [0.4, 0.5) is 0 Å². The van der Waals surface area contributed by atoms with Crippen molar-refractivity contribution in [3.05, 3.63) is 33.8 Å². The highest BCUT2D eigenvalue weighted by molar-refractivity contribution is 6.42. The largest absolute Gasteiger partial charge is 0.352 e. The summed E-state index contributed by atoms with van der Waals surface area (Å²) in [5, 5.41) is 3.75. The summed E-state index contributed by atoms with van der Waals surface area (Å²) in [6.07, 6.45) is 2.45. The van der Waals surface area contributed by atoms with Crippen molar-refractivity contribution in [2.45, 2.75) is 12.8 Å². The number of benzene rings is 1. The van der Waals surface area contributed by atoms with Gasteiger partial charge in [0.25, 0.3) is 5.91 Å². The van der Waals surface area contributed by atoms with E-state index in [1.165, 1.54) is 12.8 Å². The highest BCUT2D eigenvalue weighted by Crippen LogP contribution is 2.28. The zero-order valence-electron chi connectivity index (χ0n) is 8.09. The molecule has 0 aliphatic heterocycles. The number of amides is 1. The Labute approximate surface area is 98.6 Å². The molecule has 0 radical (unpaired) electrons. The molecule has 1 amide bonds. The van der Waals surface area contributed by atoms with E-state index in [9.17, 15) is 4.79 Å². The molecule has 0 saturated heterocycles. The van der Waals surface area contributed by atoms with E-state index < -0.39 is 0 Å². The molecule has 1 aliphatic carbocycles. The second kappa shape index (κ2) is 4.42. The molecule has 2 rings (SSSR count). The van der Waals surface area contributed by atoms with Crippen molar-refractivity contribution in [1.82, 2.24) is 5.32 Å². The summed E-state index contributed by atoms with van der Waals surface area (Å²) in [4.78, 5) is 11.6. The molecule has 0 heterocycles. The summed E-state index contributed by atoms with van der Waals surface area (Å²) in [7, 11) is 0. The summed E-state index contributed by atoms with van der Waals surface area (Å²) in [6.45, 7) is 0.763. The number of rotatable bonds is 3. The highest BCUT2D eigenvalue weighted by Gasteiger charge is 2.21. The fourth-order valence-corrected chi connectivity index (χ4v) is 1.60. The Hall–Kier alpha value is -0.730. The van der Waals surface area contributed by atoms with E-state index in [4.69, 9.17) is 23.2 Å². The van der Waals surface area contributed by atoms with Gasteiger partial charge >= 0.3 is 0 Å². The Morgan fingerprint density at radius 1 is 1.33 bits per heavy atom. The summed E-state index contributed by atoms with van der Waals surface area (Å²) in [5.41, 5.74) is 0.560.